The lowest BCUT2D eigenvalue weighted by molar-refractivity contribution is -0.175. The van der Waals surface area contributed by atoms with E-state index in [1.165, 1.54) is 25.7 Å². The maximum absolute atomic E-state index is 11.7. The van der Waals surface area contributed by atoms with Crippen LogP contribution in [0.15, 0.2) is 0 Å². The Hall–Kier alpha value is -0.290. The lowest BCUT2D eigenvalue weighted by atomic mass is 10.1. The molecule has 2 nitrogen and oxygen atoms in total. The maximum Gasteiger partial charge on any atom is 0.411 e. The third-order valence-electron chi connectivity index (χ3n) is 2.75. The van der Waals surface area contributed by atoms with Gasteiger partial charge in [0.25, 0.3) is 0 Å². The Bertz CT molecular complexity index is 184. The summed E-state index contributed by atoms with van der Waals surface area (Å²) in [5, 5.41) is 9.52. The fraction of sp³-hybridized carbons (Fsp3) is 1.00. The zero-order valence-electron chi connectivity index (χ0n) is 11.1. The fourth-order valence-electron chi connectivity index (χ4n) is 1.71. The predicted molar refractivity (Wildman–Crippen MR) is 65.5 cm³/mol. The van der Waals surface area contributed by atoms with Crippen molar-refractivity contribution in [1.29, 1.82) is 0 Å². The Morgan fingerprint density at radius 3 is 2.22 bits per heavy atom. The third kappa shape index (κ3) is 13.8. The maximum atomic E-state index is 11.7. The van der Waals surface area contributed by atoms with Crippen molar-refractivity contribution in [3.63, 3.8) is 0 Å². The van der Waals surface area contributed by atoms with Gasteiger partial charge in [-0.1, -0.05) is 45.4 Å². The number of unbranched alkanes of at least 4 members (excludes halogenated alkanes) is 5. The Balaban J connectivity index is 3.25. The summed E-state index contributed by atoms with van der Waals surface area (Å²) >= 11 is 0. The molecule has 0 saturated heterocycles. The van der Waals surface area contributed by atoms with Crippen molar-refractivity contribution >= 4 is 0 Å². The van der Waals surface area contributed by atoms with Crippen LogP contribution >= 0.6 is 0 Å². The van der Waals surface area contributed by atoms with Gasteiger partial charge in [0.15, 0.2) is 0 Å². The predicted octanol–water partition coefficient (Wildman–Crippen LogP) is 4.07. The van der Waals surface area contributed by atoms with E-state index in [9.17, 15) is 18.3 Å². The standard InChI is InChI=1S/C13H25F3O2/c1-2-3-4-5-6-7-8-12(17)9-10-18-11-13(14,15)16/h12,17H,2-11H2,1H3. The van der Waals surface area contributed by atoms with E-state index in [2.05, 4.69) is 11.7 Å². The summed E-state index contributed by atoms with van der Waals surface area (Å²) in [6.07, 6.45) is 2.99. The number of hydrogen-bond acceptors (Lipinski definition) is 2. The molecule has 1 unspecified atom stereocenters. The SMILES string of the molecule is CCCCCCCCC(O)CCOCC(F)(F)F. The number of alkyl halides is 3. The molecule has 5 heteroatoms. The van der Waals surface area contributed by atoms with Gasteiger partial charge in [-0.05, 0) is 12.8 Å². The summed E-state index contributed by atoms with van der Waals surface area (Å²) < 4.78 is 39.7. The Kier molecular flexibility index (Phi) is 10.4. The summed E-state index contributed by atoms with van der Waals surface area (Å²) in [7, 11) is 0. The van der Waals surface area contributed by atoms with Gasteiger partial charge in [0.2, 0.25) is 0 Å². The molecule has 0 aliphatic rings. The molecule has 0 saturated carbocycles. The van der Waals surface area contributed by atoms with Crippen LogP contribution in [0.5, 0.6) is 0 Å². The summed E-state index contributed by atoms with van der Waals surface area (Å²) in [5.74, 6) is 0. The monoisotopic (exact) mass is 270 g/mol. The molecule has 0 amide bonds. The van der Waals surface area contributed by atoms with Gasteiger partial charge in [-0.2, -0.15) is 13.2 Å². The van der Waals surface area contributed by atoms with Crippen molar-refractivity contribution in [2.24, 2.45) is 0 Å². The topological polar surface area (TPSA) is 29.5 Å². The average Bonchev–Trinajstić information content (AvgIpc) is 2.28. The normalized spacial score (nSPS) is 13.8. The molecule has 0 bridgehead atoms. The van der Waals surface area contributed by atoms with Gasteiger partial charge < -0.3 is 9.84 Å². The molecular formula is C13H25F3O2. The second kappa shape index (κ2) is 10.6. The average molecular weight is 270 g/mol. The van der Waals surface area contributed by atoms with Gasteiger partial charge in [-0.15, -0.1) is 0 Å². The number of aliphatic hydroxyl groups is 1. The van der Waals surface area contributed by atoms with Crippen LogP contribution in [0.3, 0.4) is 0 Å². The third-order valence-corrected chi connectivity index (χ3v) is 2.75. The highest BCUT2D eigenvalue weighted by Gasteiger charge is 2.27. The van der Waals surface area contributed by atoms with Crippen molar-refractivity contribution in [1.82, 2.24) is 0 Å². The van der Waals surface area contributed by atoms with E-state index >= 15 is 0 Å². The first-order chi connectivity index (χ1) is 8.45. The van der Waals surface area contributed by atoms with Gasteiger partial charge in [0.05, 0.1) is 6.10 Å². The highest BCUT2D eigenvalue weighted by atomic mass is 19.4. The molecule has 0 aliphatic carbocycles. The lowest BCUT2D eigenvalue weighted by Gasteiger charge is -2.11. The zero-order valence-corrected chi connectivity index (χ0v) is 11.1. The van der Waals surface area contributed by atoms with E-state index in [4.69, 9.17) is 0 Å². The summed E-state index contributed by atoms with van der Waals surface area (Å²) in [6, 6.07) is 0. The zero-order chi connectivity index (χ0) is 13.9. The fourth-order valence-corrected chi connectivity index (χ4v) is 1.71. The van der Waals surface area contributed by atoms with Gasteiger partial charge in [0.1, 0.15) is 6.61 Å². The first kappa shape index (κ1) is 17.7. The molecule has 0 aliphatic heterocycles. The van der Waals surface area contributed by atoms with Crippen molar-refractivity contribution in [2.45, 2.75) is 70.6 Å². The number of ether oxygens (including phenoxy) is 1. The smallest absolute Gasteiger partial charge is 0.393 e. The molecule has 0 radical (unpaired) electrons. The molecule has 18 heavy (non-hydrogen) atoms. The molecule has 0 heterocycles. The van der Waals surface area contributed by atoms with Gasteiger partial charge in [0, 0.05) is 6.61 Å². The van der Waals surface area contributed by atoms with E-state index < -0.39 is 18.9 Å². The molecule has 110 valence electrons. The van der Waals surface area contributed by atoms with E-state index in [1.807, 2.05) is 0 Å². The minimum atomic E-state index is -4.27. The van der Waals surface area contributed by atoms with Crippen LogP contribution in [0.2, 0.25) is 0 Å². The second-order valence-corrected chi connectivity index (χ2v) is 4.67. The van der Waals surface area contributed by atoms with Crippen LogP contribution in [-0.4, -0.2) is 30.6 Å². The first-order valence-electron chi connectivity index (χ1n) is 6.78. The second-order valence-electron chi connectivity index (χ2n) is 4.67. The Morgan fingerprint density at radius 2 is 1.61 bits per heavy atom. The highest BCUT2D eigenvalue weighted by molar-refractivity contribution is 4.56. The van der Waals surface area contributed by atoms with Crippen molar-refractivity contribution in [3.05, 3.63) is 0 Å². The highest BCUT2D eigenvalue weighted by Crippen LogP contribution is 2.15. The number of aliphatic hydroxyl groups excluding tert-OH is 1. The first-order valence-corrected chi connectivity index (χ1v) is 6.78. The van der Waals surface area contributed by atoms with Crippen LogP contribution in [0, 0.1) is 0 Å². The van der Waals surface area contributed by atoms with E-state index in [0.717, 1.165) is 12.8 Å². The lowest BCUT2D eigenvalue weighted by Crippen LogP contribution is -2.19. The van der Waals surface area contributed by atoms with E-state index in [-0.39, 0.29) is 13.0 Å². The molecule has 1 atom stereocenters. The number of hydrogen-bond donors (Lipinski definition) is 1. The van der Waals surface area contributed by atoms with E-state index in [0.29, 0.717) is 6.42 Å². The molecule has 0 aromatic carbocycles. The van der Waals surface area contributed by atoms with E-state index in [1.54, 1.807) is 0 Å². The van der Waals surface area contributed by atoms with Crippen LogP contribution in [0.1, 0.15) is 58.3 Å². The largest absolute Gasteiger partial charge is 0.411 e. The molecule has 0 fully saturated rings. The van der Waals surface area contributed by atoms with Crippen molar-refractivity contribution in [2.75, 3.05) is 13.2 Å². The van der Waals surface area contributed by atoms with Crippen LogP contribution in [0.4, 0.5) is 13.2 Å². The molecule has 0 spiro atoms. The molecule has 1 N–H and O–H groups in total. The summed E-state index contributed by atoms with van der Waals surface area (Å²) in [4.78, 5) is 0. The molecule has 0 aromatic heterocycles. The van der Waals surface area contributed by atoms with Crippen LogP contribution in [0.25, 0.3) is 0 Å². The van der Waals surface area contributed by atoms with Gasteiger partial charge >= 0.3 is 6.18 Å². The number of halogens is 3. The number of rotatable bonds is 11. The molecular weight excluding hydrogens is 245 g/mol. The molecule has 0 rings (SSSR count). The van der Waals surface area contributed by atoms with Crippen molar-refractivity contribution < 1.29 is 23.0 Å². The van der Waals surface area contributed by atoms with Crippen molar-refractivity contribution in [3.8, 4) is 0 Å². The minimum Gasteiger partial charge on any atom is -0.393 e. The van der Waals surface area contributed by atoms with Gasteiger partial charge in [-0.25, -0.2) is 0 Å². The minimum absolute atomic E-state index is 0.0312. The van der Waals surface area contributed by atoms with Crippen LogP contribution in [-0.2, 0) is 4.74 Å². The summed E-state index contributed by atoms with van der Waals surface area (Å²) in [6.45, 7) is 0.901. The quantitative estimate of drug-likeness (QED) is 0.573. The summed E-state index contributed by atoms with van der Waals surface area (Å²) in [5.41, 5.74) is 0. The van der Waals surface area contributed by atoms with Gasteiger partial charge in [-0.3, -0.25) is 0 Å². The van der Waals surface area contributed by atoms with Crippen LogP contribution < -0.4 is 0 Å². The molecule has 0 aromatic rings. The Labute approximate surface area is 108 Å². The Morgan fingerprint density at radius 1 is 1.00 bits per heavy atom.